The third kappa shape index (κ3) is 7.06. The van der Waals surface area contributed by atoms with Gasteiger partial charge in [-0.3, -0.25) is 0 Å². The molecule has 0 radical (unpaired) electrons. The van der Waals surface area contributed by atoms with Gasteiger partial charge in [0.15, 0.2) is 0 Å². The predicted molar refractivity (Wildman–Crippen MR) is 72.3 cm³/mol. The van der Waals surface area contributed by atoms with E-state index in [1.54, 1.807) is 0 Å². The second kappa shape index (κ2) is 8.95. The largest absolute Gasteiger partial charge is 0.445 e. The van der Waals surface area contributed by atoms with Crippen LogP contribution in [0.4, 0.5) is 4.79 Å². The van der Waals surface area contributed by atoms with Crippen LogP contribution in [-0.4, -0.2) is 25.2 Å². The Labute approximate surface area is 113 Å². The Hall–Kier alpha value is -2.06. The molecule has 1 aromatic carbocycles. The van der Waals surface area contributed by atoms with Gasteiger partial charge in [0.1, 0.15) is 6.61 Å². The van der Waals surface area contributed by atoms with Crippen LogP contribution >= 0.6 is 0 Å². The van der Waals surface area contributed by atoms with Gasteiger partial charge in [-0.1, -0.05) is 30.3 Å². The molecule has 19 heavy (non-hydrogen) atoms. The maximum absolute atomic E-state index is 11.4. The van der Waals surface area contributed by atoms with E-state index < -0.39 is 6.09 Å². The monoisotopic (exact) mass is 261 g/mol. The van der Waals surface area contributed by atoms with Gasteiger partial charge in [-0.2, -0.15) is 5.26 Å². The number of hydrogen-bond acceptors (Lipinski definition) is 4. The molecular formula is C14H19N3O2. The van der Waals surface area contributed by atoms with Crippen LogP contribution in [0, 0.1) is 11.3 Å². The van der Waals surface area contributed by atoms with Crippen LogP contribution in [0.3, 0.4) is 0 Å². The van der Waals surface area contributed by atoms with E-state index in [0.717, 1.165) is 5.56 Å². The van der Waals surface area contributed by atoms with Crippen molar-refractivity contribution in [3.63, 3.8) is 0 Å². The Morgan fingerprint density at radius 3 is 2.84 bits per heavy atom. The molecule has 0 saturated heterocycles. The lowest BCUT2D eigenvalue weighted by Gasteiger charge is -2.13. The molecule has 0 aromatic heterocycles. The number of nitrogens with one attached hydrogen (secondary N) is 2. The summed E-state index contributed by atoms with van der Waals surface area (Å²) in [6.45, 7) is 3.30. The molecule has 0 fully saturated rings. The number of nitriles is 1. The summed E-state index contributed by atoms with van der Waals surface area (Å²) in [5, 5.41) is 14.2. The Kier molecular flexibility index (Phi) is 7.06. The van der Waals surface area contributed by atoms with Crippen LogP contribution in [0.5, 0.6) is 0 Å². The van der Waals surface area contributed by atoms with Gasteiger partial charge in [-0.05, 0) is 12.5 Å². The van der Waals surface area contributed by atoms with Crippen molar-refractivity contribution in [3.8, 4) is 6.07 Å². The number of hydrogen-bond donors (Lipinski definition) is 2. The van der Waals surface area contributed by atoms with E-state index in [0.29, 0.717) is 19.5 Å². The molecule has 1 atom stereocenters. The Morgan fingerprint density at radius 1 is 1.42 bits per heavy atom. The molecule has 0 saturated carbocycles. The predicted octanol–water partition coefficient (Wildman–Crippen LogP) is 1.80. The van der Waals surface area contributed by atoms with E-state index >= 15 is 0 Å². The van der Waals surface area contributed by atoms with Gasteiger partial charge >= 0.3 is 6.09 Å². The normalized spacial score (nSPS) is 11.4. The Bertz CT molecular complexity index is 414. The van der Waals surface area contributed by atoms with E-state index in [1.807, 2.05) is 37.3 Å². The molecule has 102 valence electrons. The lowest BCUT2D eigenvalue weighted by atomic mass is 10.2. The van der Waals surface area contributed by atoms with Crippen molar-refractivity contribution in [1.82, 2.24) is 10.6 Å². The number of alkyl carbamates (subject to hydrolysis) is 1. The quantitative estimate of drug-likeness (QED) is 0.734. The Balaban J connectivity index is 2.13. The van der Waals surface area contributed by atoms with E-state index in [4.69, 9.17) is 10.00 Å². The van der Waals surface area contributed by atoms with Crippen LogP contribution in [-0.2, 0) is 11.3 Å². The molecule has 0 spiro atoms. The summed E-state index contributed by atoms with van der Waals surface area (Å²) in [6.07, 6.45) is 0.0285. The minimum Gasteiger partial charge on any atom is -0.445 e. The molecule has 5 heteroatoms. The average Bonchev–Trinajstić information content (AvgIpc) is 2.44. The molecule has 0 bridgehead atoms. The lowest BCUT2D eigenvalue weighted by Crippen LogP contribution is -2.39. The van der Waals surface area contributed by atoms with E-state index in [2.05, 4.69) is 16.7 Å². The summed E-state index contributed by atoms with van der Waals surface area (Å²) >= 11 is 0. The van der Waals surface area contributed by atoms with E-state index in [1.165, 1.54) is 0 Å². The molecule has 1 aromatic rings. The SMILES string of the molecule is C[C@@H](CNC(=O)OCc1ccccc1)NCCC#N. The molecular weight excluding hydrogens is 242 g/mol. The molecule has 1 amide bonds. The first kappa shape index (κ1) is 15.0. The van der Waals surface area contributed by atoms with Gasteiger partial charge in [-0.15, -0.1) is 0 Å². The fourth-order valence-corrected chi connectivity index (χ4v) is 1.46. The summed E-state index contributed by atoms with van der Waals surface area (Å²) in [7, 11) is 0. The lowest BCUT2D eigenvalue weighted by molar-refractivity contribution is 0.139. The molecule has 0 aliphatic rings. The highest BCUT2D eigenvalue weighted by atomic mass is 16.5. The second-order valence-corrected chi connectivity index (χ2v) is 4.21. The number of carbonyl (C=O) groups is 1. The second-order valence-electron chi connectivity index (χ2n) is 4.21. The van der Waals surface area contributed by atoms with Crippen molar-refractivity contribution in [1.29, 1.82) is 5.26 Å². The van der Waals surface area contributed by atoms with Gasteiger partial charge < -0.3 is 15.4 Å². The number of nitrogens with zero attached hydrogens (tertiary/aromatic N) is 1. The molecule has 0 aliphatic heterocycles. The average molecular weight is 261 g/mol. The molecule has 2 N–H and O–H groups in total. The van der Waals surface area contributed by atoms with Crippen molar-refractivity contribution in [3.05, 3.63) is 35.9 Å². The third-order valence-corrected chi connectivity index (χ3v) is 2.49. The minimum atomic E-state index is -0.433. The first-order valence-corrected chi connectivity index (χ1v) is 6.27. The zero-order valence-electron chi connectivity index (χ0n) is 11.1. The van der Waals surface area contributed by atoms with E-state index in [9.17, 15) is 4.79 Å². The number of amides is 1. The van der Waals surface area contributed by atoms with Crippen molar-refractivity contribution in [2.45, 2.75) is 26.0 Å². The fraction of sp³-hybridized carbons (Fsp3) is 0.429. The molecule has 0 unspecified atom stereocenters. The smallest absolute Gasteiger partial charge is 0.407 e. The van der Waals surface area contributed by atoms with Gasteiger partial charge in [0.2, 0.25) is 0 Å². The van der Waals surface area contributed by atoms with Crippen LogP contribution in [0.25, 0.3) is 0 Å². The van der Waals surface area contributed by atoms with Crippen LogP contribution < -0.4 is 10.6 Å². The molecule has 1 rings (SSSR count). The highest BCUT2D eigenvalue weighted by molar-refractivity contribution is 5.67. The number of carbonyl (C=O) groups excluding carboxylic acids is 1. The van der Waals surface area contributed by atoms with E-state index in [-0.39, 0.29) is 12.6 Å². The van der Waals surface area contributed by atoms with Crippen molar-refractivity contribution in [2.75, 3.05) is 13.1 Å². The Morgan fingerprint density at radius 2 is 2.16 bits per heavy atom. The van der Waals surface area contributed by atoms with Crippen molar-refractivity contribution in [2.24, 2.45) is 0 Å². The van der Waals surface area contributed by atoms with Gasteiger partial charge in [0, 0.05) is 25.6 Å². The topological polar surface area (TPSA) is 74.2 Å². The van der Waals surface area contributed by atoms with Gasteiger partial charge in [-0.25, -0.2) is 4.79 Å². The van der Waals surface area contributed by atoms with Crippen LogP contribution in [0.2, 0.25) is 0 Å². The highest BCUT2D eigenvalue weighted by Crippen LogP contribution is 2.00. The maximum atomic E-state index is 11.4. The third-order valence-electron chi connectivity index (χ3n) is 2.49. The standard InChI is InChI=1S/C14H19N3O2/c1-12(16-9-5-8-15)10-17-14(18)19-11-13-6-3-2-4-7-13/h2-4,6-7,12,16H,5,9-11H2,1H3,(H,17,18)/t12-/m0/s1. The molecule has 5 nitrogen and oxygen atoms in total. The zero-order chi connectivity index (χ0) is 13.9. The van der Waals surface area contributed by atoms with Crippen LogP contribution in [0.1, 0.15) is 18.9 Å². The molecule has 0 heterocycles. The molecule has 0 aliphatic carbocycles. The van der Waals surface area contributed by atoms with Crippen molar-refractivity contribution < 1.29 is 9.53 Å². The summed E-state index contributed by atoms with van der Waals surface area (Å²) in [4.78, 5) is 11.4. The highest BCUT2D eigenvalue weighted by Gasteiger charge is 2.05. The maximum Gasteiger partial charge on any atom is 0.407 e. The summed E-state index contributed by atoms with van der Waals surface area (Å²) in [5.74, 6) is 0. The van der Waals surface area contributed by atoms with Crippen LogP contribution in [0.15, 0.2) is 30.3 Å². The summed E-state index contributed by atoms with van der Waals surface area (Å²) in [6, 6.07) is 11.7. The summed E-state index contributed by atoms with van der Waals surface area (Å²) < 4.78 is 5.07. The minimum absolute atomic E-state index is 0.109. The van der Waals surface area contributed by atoms with Gasteiger partial charge in [0.05, 0.1) is 6.07 Å². The number of benzene rings is 1. The van der Waals surface area contributed by atoms with Gasteiger partial charge in [0.25, 0.3) is 0 Å². The zero-order valence-corrected chi connectivity index (χ0v) is 11.1. The first-order chi connectivity index (χ1) is 9.22. The summed E-state index contributed by atoms with van der Waals surface area (Å²) in [5.41, 5.74) is 0.956. The number of ether oxygens (including phenoxy) is 1. The fourth-order valence-electron chi connectivity index (χ4n) is 1.46. The number of rotatable bonds is 7. The van der Waals surface area contributed by atoms with Crippen molar-refractivity contribution >= 4 is 6.09 Å². The first-order valence-electron chi connectivity index (χ1n) is 6.27.